The number of hydrogen-bond donors (Lipinski definition) is 2. The highest BCUT2D eigenvalue weighted by Crippen LogP contribution is 2.52. The van der Waals surface area contributed by atoms with E-state index in [0.717, 1.165) is 27.1 Å². The monoisotopic (exact) mass is 503 g/mol. The molecule has 1 aromatic heterocycles. The summed E-state index contributed by atoms with van der Waals surface area (Å²) in [6.07, 6.45) is 1.25. The highest BCUT2D eigenvalue weighted by molar-refractivity contribution is 7.14. The molecule has 1 aliphatic carbocycles. The summed E-state index contributed by atoms with van der Waals surface area (Å²) in [4.78, 5) is 16.2. The minimum Gasteiger partial charge on any atom is -0.507 e. The maximum Gasteiger partial charge on any atom is 0.277 e. The van der Waals surface area contributed by atoms with Crippen LogP contribution in [0.25, 0.3) is 21.6 Å². The number of amides is 1. The number of hydrogen-bond acceptors (Lipinski definition) is 7. The van der Waals surface area contributed by atoms with Crippen molar-refractivity contribution in [3.8, 4) is 21.6 Å². The predicted molar refractivity (Wildman–Crippen MR) is 132 cm³/mol. The molecule has 2 N–H and O–H groups in total. The molecule has 2 saturated heterocycles. The van der Waals surface area contributed by atoms with Gasteiger partial charge in [-0.2, -0.15) is 5.01 Å². The first-order chi connectivity index (χ1) is 17.6. The van der Waals surface area contributed by atoms with Crippen LogP contribution in [0, 0.1) is 5.82 Å². The topological polar surface area (TPSA) is 76.5 Å². The Morgan fingerprint density at radius 2 is 1.89 bits per heavy atom. The van der Waals surface area contributed by atoms with E-state index in [0.29, 0.717) is 18.7 Å². The molecule has 0 spiro atoms. The van der Waals surface area contributed by atoms with Crippen LogP contribution in [0.4, 0.5) is 4.39 Å². The summed E-state index contributed by atoms with van der Waals surface area (Å²) >= 11 is 1.56. The van der Waals surface area contributed by atoms with E-state index in [9.17, 15) is 15.0 Å². The Morgan fingerprint density at radius 1 is 1.06 bits per heavy atom. The fourth-order valence-electron chi connectivity index (χ4n) is 5.77. The smallest absolute Gasteiger partial charge is 0.277 e. The van der Waals surface area contributed by atoms with E-state index in [1.54, 1.807) is 33.5 Å². The minimum atomic E-state index is -1.28. The summed E-state index contributed by atoms with van der Waals surface area (Å²) in [5.74, 6) is -1.10. The summed E-state index contributed by atoms with van der Waals surface area (Å²) < 4.78 is 21.4. The van der Waals surface area contributed by atoms with Gasteiger partial charge in [-0.05, 0) is 40.3 Å². The van der Waals surface area contributed by atoms with Gasteiger partial charge >= 0.3 is 0 Å². The number of benzene rings is 2. The third kappa shape index (κ3) is 2.91. The van der Waals surface area contributed by atoms with Crippen LogP contribution in [0.3, 0.4) is 0 Å². The zero-order chi connectivity index (χ0) is 24.6. The number of carbonyl (C=O) groups excluding carboxylic acids is 1. The molecular weight excluding hydrogens is 481 g/mol. The van der Waals surface area contributed by atoms with Crippen LogP contribution < -0.4 is 0 Å². The van der Waals surface area contributed by atoms with E-state index in [1.807, 2.05) is 46.8 Å². The van der Waals surface area contributed by atoms with Crippen molar-refractivity contribution in [2.24, 2.45) is 0 Å². The van der Waals surface area contributed by atoms with E-state index in [-0.39, 0.29) is 24.0 Å². The number of morpholine rings is 1. The SMILES string of the molecule is O=C1C2=C(O)C(O)C=CN2N([C@@H]2c3ccccc3-c3sccc3-c3c(F)cccc32)[C@@H]2COCCN12. The molecule has 7 nitrogen and oxygen atoms in total. The maximum absolute atomic E-state index is 15.6. The van der Waals surface area contributed by atoms with Gasteiger partial charge < -0.3 is 19.8 Å². The van der Waals surface area contributed by atoms with Crippen molar-refractivity contribution < 1.29 is 24.1 Å². The number of ether oxygens (including phenoxy) is 1. The number of thiophene rings is 1. The van der Waals surface area contributed by atoms with Crippen molar-refractivity contribution in [1.82, 2.24) is 14.9 Å². The fraction of sp³-hybridized carbons (Fsp3) is 0.222. The number of halogens is 1. The highest BCUT2D eigenvalue weighted by Gasteiger charge is 2.50. The summed E-state index contributed by atoms with van der Waals surface area (Å²) in [5.41, 5.74) is 4.03. The lowest BCUT2D eigenvalue weighted by Crippen LogP contribution is -2.67. The molecule has 0 bridgehead atoms. The van der Waals surface area contributed by atoms with Gasteiger partial charge in [0.05, 0.1) is 19.3 Å². The first-order valence-corrected chi connectivity index (χ1v) is 12.7. The molecule has 36 heavy (non-hydrogen) atoms. The number of aliphatic hydroxyl groups is 2. The molecule has 2 aromatic carbocycles. The van der Waals surface area contributed by atoms with Crippen molar-refractivity contribution in [2.45, 2.75) is 18.3 Å². The van der Waals surface area contributed by atoms with E-state index in [2.05, 4.69) is 0 Å². The Labute approximate surface area is 210 Å². The van der Waals surface area contributed by atoms with E-state index in [4.69, 9.17) is 4.74 Å². The molecular formula is C27H22FN3O4S. The Kier molecular flexibility index (Phi) is 4.84. The van der Waals surface area contributed by atoms with Crippen molar-refractivity contribution in [2.75, 3.05) is 19.8 Å². The number of aliphatic hydroxyl groups excluding tert-OH is 2. The number of carbonyl (C=O) groups is 1. The van der Waals surface area contributed by atoms with E-state index < -0.39 is 24.1 Å². The van der Waals surface area contributed by atoms with Crippen LogP contribution in [0.15, 0.2) is 77.6 Å². The largest absolute Gasteiger partial charge is 0.507 e. The molecule has 1 unspecified atom stereocenters. The zero-order valence-corrected chi connectivity index (χ0v) is 19.9. The van der Waals surface area contributed by atoms with Crippen molar-refractivity contribution in [1.29, 1.82) is 0 Å². The first-order valence-electron chi connectivity index (χ1n) is 11.8. The summed E-state index contributed by atoms with van der Waals surface area (Å²) in [6, 6.07) is 14.5. The summed E-state index contributed by atoms with van der Waals surface area (Å²) in [6.45, 7) is 0.951. The Hall–Kier alpha value is -3.50. The molecule has 3 atom stereocenters. The van der Waals surface area contributed by atoms with Gasteiger partial charge in [0.15, 0.2) is 11.5 Å². The van der Waals surface area contributed by atoms with Crippen molar-refractivity contribution in [3.63, 3.8) is 0 Å². The second kappa shape index (κ2) is 8.01. The van der Waals surface area contributed by atoms with Crippen molar-refractivity contribution >= 4 is 17.2 Å². The summed E-state index contributed by atoms with van der Waals surface area (Å²) in [5, 5.41) is 26.7. The van der Waals surface area contributed by atoms with Crippen molar-refractivity contribution in [3.05, 3.63) is 94.6 Å². The standard InChI is InChI=1S/C27H22FN3O4S/c28-19-7-3-6-17-22(19)18-9-13-36-26(18)16-5-2-1-4-15(16)23(17)31-21-14-35-12-11-29(21)27(34)24-25(33)20(32)8-10-30(24)31/h1-10,13,20-21,23,32-33H,11-12,14H2/t20?,21-,23-/m1/s1. The van der Waals surface area contributed by atoms with Crippen LogP contribution in [0.2, 0.25) is 0 Å². The molecule has 182 valence electrons. The lowest BCUT2D eigenvalue weighted by atomic mass is 9.91. The number of hydrazine groups is 1. The lowest BCUT2D eigenvalue weighted by molar-refractivity contribution is -0.190. The number of fused-ring (bicyclic) bond motifs is 7. The third-order valence-corrected chi connectivity index (χ3v) is 8.27. The number of rotatable bonds is 1. The average Bonchev–Trinajstić information content (AvgIpc) is 3.33. The van der Waals surface area contributed by atoms with E-state index >= 15 is 4.39 Å². The lowest BCUT2D eigenvalue weighted by Gasteiger charge is -2.55. The third-order valence-electron chi connectivity index (χ3n) is 7.32. The summed E-state index contributed by atoms with van der Waals surface area (Å²) in [7, 11) is 0. The Bertz CT molecular complexity index is 1470. The van der Waals surface area contributed by atoms with Gasteiger partial charge in [0, 0.05) is 28.7 Å². The normalized spacial score (nSPS) is 25.1. The van der Waals surface area contributed by atoms with Gasteiger partial charge in [0.2, 0.25) is 0 Å². The molecule has 3 aliphatic heterocycles. The van der Waals surface area contributed by atoms with Crippen LogP contribution in [0.1, 0.15) is 17.2 Å². The Morgan fingerprint density at radius 3 is 2.78 bits per heavy atom. The average molecular weight is 504 g/mol. The van der Waals surface area contributed by atoms with Crippen LogP contribution >= 0.6 is 11.3 Å². The molecule has 1 amide bonds. The van der Waals surface area contributed by atoms with Gasteiger partial charge in [0.25, 0.3) is 5.91 Å². The molecule has 9 heteroatoms. The van der Waals surface area contributed by atoms with E-state index in [1.165, 1.54) is 12.1 Å². The van der Waals surface area contributed by atoms with Crippen LogP contribution in [-0.4, -0.2) is 63.1 Å². The quantitative estimate of drug-likeness (QED) is 0.523. The first kappa shape index (κ1) is 21.8. The molecule has 4 aliphatic rings. The van der Waals surface area contributed by atoms with Crippen LogP contribution in [-0.2, 0) is 9.53 Å². The minimum absolute atomic E-state index is 0.00222. The van der Waals surface area contributed by atoms with Gasteiger partial charge in [-0.15, -0.1) is 11.3 Å². The second-order valence-corrected chi connectivity index (χ2v) is 10.1. The fourth-order valence-corrected chi connectivity index (χ4v) is 6.72. The van der Waals surface area contributed by atoms with Crippen LogP contribution in [0.5, 0.6) is 0 Å². The van der Waals surface area contributed by atoms with Gasteiger partial charge in [-0.25, -0.2) is 4.39 Å². The molecule has 4 heterocycles. The molecule has 0 radical (unpaired) electrons. The highest BCUT2D eigenvalue weighted by atomic mass is 32.1. The predicted octanol–water partition coefficient (Wildman–Crippen LogP) is 4.00. The van der Waals surface area contributed by atoms with Gasteiger partial charge in [-0.3, -0.25) is 9.80 Å². The van der Waals surface area contributed by atoms with Gasteiger partial charge in [0.1, 0.15) is 18.1 Å². The second-order valence-electron chi connectivity index (χ2n) is 9.16. The molecule has 0 saturated carbocycles. The molecule has 2 fully saturated rings. The maximum atomic E-state index is 15.6. The zero-order valence-electron chi connectivity index (χ0n) is 19.0. The number of nitrogens with zero attached hydrogens (tertiary/aromatic N) is 3. The van der Waals surface area contributed by atoms with Gasteiger partial charge in [-0.1, -0.05) is 36.4 Å². The molecule has 3 aromatic rings. The Balaban J connectivity index is 1.53. The molecule has 7 rings (SSSR count).